The fraction of sp³-hybridized carbons (Fsp3) is 0.250. The molecule has 1 aromatic heterocycles. The van der Waals surface area contributed by atoms with Gasteiger partial charge in [0.2, 0.25) is 0 Å². The highest BCUT2D eigenvalue weighted by Crippen LogP contribution is 2.35. The molecule has 0 radical (unpaired) electrons. The van der Waals surface area contributed by atoms with Crippen LogP contribution in [0, 0.1) is 12.7 Å². The van der Waals surface area contributed by atoms with E-state index in [4.69, 9.17) is 16.3 Å². The van der Waals surface area contributed by atoms with Crippen LogP contribution in [0.4, 0.5) is 4.39 Å². The molecule has 2 aromatic rings. The number of benzene rings is 1. The molecule has 0 spiro atoms. The Hall–Kier alpha value is -2.14. The van der Waals surface area contributed by atoms with Gasteiger partial charge in [0, 0.05) is 18.3 Å². The summed E-state index contributed by atoms with van der Waals surface area (Å²) in [6.07, 6.45) is 1.49. The Bertz CT molecular complexity index is 720. The van der Waals surface area contributed by atoms with E-state index in [1.807, 2.05) is 6.92 Å². The number of nitrogens with one attached hydrogen (secondary N) is 1. The molecule has 1 N–H and O–H groups in total. The molecule has 1 heterocycles. The van der Waals surface area contributed by atoms with Crippen LogP contribution in [0.1, 0.15) is 23.0 Å². The highest BCUT2D eigenvalue weighted by molar-refractivity contribution is 6.32. The molecule has 2 rings (SSSR count). The number of pyridine rings is 1. The lowest BCUT2D eigenvalue weighted by Gasteiger charge is -2.14. The van der Waals surface area contributed by atoms with Crippen LogP contribution in [0.3, 0.4) is 0 Å². The van der Waals surface area contributed by atoms with Crippen molar-refractivity contribution in [3.63, 3.8) is 0 Å². The number of hydrogen-bond acceptors (Lipinski definition) is 3. The molecule has 0 atom stereocenters. The van der Waals surface area contributed by atoms with E-state index in [0.717, 1.165) is 0 Å². The monoisotopic (exact) mass is 322 g/mol. The predicted molar refractivity (Wildman–Crippen MR) is 83.9 cm³/mol. The summed E-state index contributed by atoms with van der Waals surface area (Å²) in [4.78, 5) is 16.2. The Balaban J connectivity index is 2.70. The minimum atomic E-state index is -0.478. The van der Waals surface area contributed by atoms with Crippen molar-refractivity contribution in [3.8, 4) is 16.9 Å². The Morgan fingerprint density at radius 2 is 2.14 bits per heavy atom. The normalized spacial score (nSPS) is 10.4. The summed E-state index contributed by atoms with van der Waals surface area (Å²) in [6.45, 7) is 3.83. The fourth-order valence-electron chi connectivity index (χ4n) is 2.13. The first kappa shape index (κ1) is 16.2. The van der Waals surface area contributed by atoms with Crippen molar-refractivity contribution in [3.05, 3.63) is 46.5 Å². The van der Waals surface area contributed by atoms with E-state index < -0.39 is 5.82 Å². The number of halogens is 2. The van der Waals surface area contributed by atoms with Gasteiger partial charge in [-0.15, -0.1) is 0 Å². The third kappa shape index (κ3) is 3.04. The van der Waals surface area contributed by atoms with E-state index in [9.17, 15) is 9.18 Å². The number of nitrogens with zero attached hydrogens (tertiary/aromatic N) is 1. The zero-order valence-corrected chi connectivity index (χ0v) is 13.3. The van der Waals surface area contributed by atoms with Crippen LogP contribution in [0.25, 0.3) is 11.1 Å². The van der Waals surface area contributed by atoms with Crippen LogP contribution >= 0.6 is 11.6 Å². The summed E-state index contributed by atoms with van der Waals surface area (Å²) in [6, 6.07) is 4.56. The van der Waals surface area contributed by atoms with Gasteiger partial charge in [-0.05, 0) is 37.6 Å². The fourth-order valence-corrected chi connectivity index (χ4v) is 2.37. The highest BCUT2D eigenvalue weighted by Gasteiger charge is 2.19. The summed E-state index contributed by atoms with van der Waals surface area (Å²) >= 11 is 6.13. The second-order valence-corrected chi connectivity index (χ2v) is 5.06. The number of aromatic nitrogens is 1. The average molecular weight is 323 g/mol. The molecule has 0 fully saturated rings. The quantitative estimate of drug-likeness (QED) is 0.935. The molecule has 4 nitrogen and oxygen atoms in total. The van der Waals surface area contributed by atoms with E-state index in [1.165, 1.54) is 31.5 Å². The van der Waals surface area contributed by atoms with Gasteiger partial charge in [-0.3, -0.25) is 9.78 Å². The number of carbonyl (C=O) groups is 1. The van der Waals surface area contributed by atoms with E-state index >= 15 is 0 Å². The van der Waals surface area contributed by atoms with Crippen LogP contribution in [-0.4, -0.2) is 24.5 Å². The van der Waals surface area contributed by atoms with Gasteiger partial charge in [0.1, 0.15) is 5.75 Å². The number of rotatable bonds is 4. The van der Waals surface area contributed by atoms with Crippen LogP contribution in [0.5, 0.6) is 5.75 Å². The maximum absolute atomic E-state index is 14.4. The Morgan fingerprint density at radius 1 is 1.41 bits per heavy atom. The van der Waals surface area contributed by atoms with Crippen LogP contribution < -0.4 is 10.1 Å². The number of hydrogen-bond donors (Lipinski definition) is 1. The number of aryl methyl sites for hydroxylation is 1. The molecule has 0 saturated carbocycles. The standard InChI is InChI=1S/C16H16ClFN2O2/c1-4-19-16(21)12-8-14(22-3)13(17)7-11(12)10-5-6-20-9(2)15(10)18/h5-8H,4H2,1-3H3,(H,19,21). The van der Waals surface area contributed by atoms with Crippen LogP contribution in [0.15, 0.2) is 24.4 Å². The Labute approximate surface area is 133 Å². The van der Waals surface area contributed by atoms with Crippen molar-refractivity contribution >= 4 is 17.5 Å². The molecule has 0 aliphatic carbocycles. The lowest BCUT2D eigenvalue weighted by Crippen LogP contribution is -2.23. The van der Waals surface area contributed by atoms with E-state index in [0.29, 0.717) is 28.4 Å². The Kier molecular flexibility index (Phi) is 4.98. The molecule has 0 aliphatic heterocycles. The van der Waals surface area contributed by atoms with Gasteiger partial charge in [0.15, 0.2) is 5.82 Å². The molecule has 0 saturated heterocycles. The number of amides is 1. The topological polar surface area (TPSA) is 51.2 Å². The maximum Gasteiger partial charge on any atom is 0.252 e. The second kappa shape index (κ2) is 6.75. The summed E-state index contributed by atoms with van der Waals surface area (Å²) in [5.74, 6) is -0.437. The van der Waals surface area contributed by atoms with Gasteiger partial charge >= 0.3 is 0 Å². The van der Waals surface area contributed by atoms with Gasteiger partial charge in [-0.25, -0.2) is 4.39 Å². The molecule has 6 heteroatoms. The minimum Gasteiger partial charge on any atom is -0.495 e. The van der Waals surface area contributed by atoms with E-state index in [1.54, 1.807) is 6.92 Å². The molecule has 0 aliphatic rings. The maximum atomic E-state index is 14.4. The first-order valence-corrected chi connectivity index (χ1v) is 7.14. The SMILES string of the molecule is CCNC(=O)c1cc(OC)c(Cl)cc1-c1ccnc(C)c1F. The van der Waals surface area contributed by atoms with Gasteiger partial charge in [-0.2, -0.15) is 0 Å². The van der Waals surface area contributed by atoms with Gasteiger partial charge < -0.3 is 10.1 Å². The lowest BCUT2D eigenvalue weighted by atomic mass is 9.98. The molecular weight excluding hydrogens is 307 g/mol. The third-order valence-electron chi connectivity index (χ3n) is 3.23. The summed E-state index contributed by atoms with van der Waals surface area (Å²) < 4.78 is 19.5. The molecule has 116 valence electrons. The van der Waals surface area contributed by atoms with Gasteiger partial charge in [0.05, 0.1) is 23.4 Å². The highest BCUT2D eigenvalue weighted by atomic mass is 35.5. The molecule has 0 unspecified atom stereocenters. The smallest absolute Gasteiger partial charge is 0.252 e. The van der Waals surface area contributed by atoms with Crippen molar-refractivity contribution in [2.24, 2.45) is 0 Å². The van der Waals surface area contributed by atoms with Crippen LogP contribution in [0.2, 0.25) is 5.02 Å². The number of methoxy groups -OCH3 is 1. The van der Waals surface area contributed by atoms with E-state index in [-0.39, 0.29) is 17.2 Å². The van der Waals surface area contributed by atoms with E-state index in [2.05, 4.69) is 10.3 Å². The number of ether oxygens (including phenoxy) is 1. The molecular formula is C16H16ClFN2O2. The lowest BCUT2D eigenvalue weighted by molar-refractivity contribution is 0.0956. The summed E-state index contributed by atoms with van der Waals surface area (Å²) in [5.41, 5.74) is 1.23. The zero-order valence-electron chi connectivity index (χ0n) is 12.5. The minimum absolute atomic E-state index is 0.256. The molecule has 1 aromatic carbocycles. The molecule has 22 heavy (non-hydrogen) atoms. The zero-order chi connectivity index (χ0) is 16.3. The van der Waals surface area contributed by atoms with Gasteiger partial charge in [-0.1, -0.05) is 11.6 Å². The summed E-state index contributed by atoms with van der Waals surface area (Å²) in [7, 11) is 1.46. The van der Waals surface area contributed by atoms with Crippen molar-refractivity contribution in [1.29, 1.82) is 0 Å². The van der Waals surface area contributed by atoms with Crippen molar-refractivity contribution in [2.45, 2.75) is 13.8 Å². The third-order valence-corrected chi connectivity index (χ3v) is 3.52. The first-order chi connectivity index (χ1) is 10.5. The second-order valence-electron chi connectivity index (χ2n) is 4.65. The predicted octanol–water partition coefficient (Wildman–Crippen LogP) is 3.61. The van der Waals surface area contributed by atoms with Crippen molar-refractivity contribution < 1.29 is 13.9 Å². The van der Waals surface area contributed by atoms with Crippen LogP contribution in [-0.2, 0) is 0 Å². The first-order valence-electron chi connectivity index (χ1n) is 6.76. The van der Waals surface area contributed by atoms with Crippen molar-refractivity contribution in [1.82, 2.24) is 10.3 Å². The summed E-state index contributed by atoms with van der Waals surface area (Å²) in [5, 5.41) is 3.01. The van der Waals surface area contributed by atoms with Gasteiger partial charge in [0.25, 0.3) is 5.91 Å². The molecule has 1 amide bonds. The average Bonchev–Trinajstić information content (AvgIpc) is 2.50. The molecule has 0 bridgehead atoms. The number of carbonyl (C=O) groups excluding carboxylic acids is 1. The Morgan fingerprint density at radius 3 is 2.77 bits per heavy atom. The largest absolute Gasteiger partial charge is 0.495 e. The van der Waals surface area contributed by atoms with Crippen molar-refractivity contribution in [2.75, 3.05) is 13.7 Å².